The Morgan fingerprint density at radius 1 is 1.22 bits per heavy atom. The average molecular weight is 439 g/mol. The van der Waals surface area contributed by atoms with Gasteiger partial charge in [0.05, 0.1) is 23.0 Å². The maximum atomic E-state index is 13.9. The molecule has 0 spiro atoms. The van der Waals surface area contributed by atoms with Crippen LogP contribution >= 0.6 is 0 Å². The van der Waals surface area contributed by atoms with Crippen LogP contribution in [0.25, 0.3) is 0 Å². The second kappa shape index (κ2) is 9.01. The molecule has 1 saturated heterocycles. The average Bonchev–Trinajstić information content (AvgIpc) is 3.22. The lowest BCUT2D eigenvalue weighted by Crippen LogP contribution is -2.38. The number of hydrogen-bond acceptors (Lipinski definition) is 7. The van der Waals surface area contributed by atoms with E-state index in [1.807, 2.05) is 4.90 Å². The minimum Gasteiger partial charge on any atom is -0.487 e. The summed E-state index contributed by atoms with van der Waals surface area (Å²) in [6.07, 6.45) is 0.957. The fraction of sp³-hybridized carbons (Fsp3) is 0.273. The molecule has 4 rings (SSSR count). The van der Waals surface area contributed by atoms with Crippen LogP contribution in [-0.4, -0.2) is 35.4 Å². The maximum absolute atomic E-state index is 13.9. The summed E-state index contributed by atoms with van der Waals surface area (Å²) in [5.74, 6) is -1.86. The van der Waals surface area contributed by atoms with Gasteiger partial charge in [0.2, 0.25) is 0 Å². The first-order valence-corrected chi connectivity index (χ1v) is 9.96. The first kappa shape index (κ1) is 21.2. The van der Waals surface area contributed by atoms with Crippen LogP contribution in [0, 0.1) is 29.9 Å². The fourth-order valence-electron chi connectivity index (χ4n) is 3.57. The van der Waals surface area contributed by atoms with Gasteiger partial charge in [-0.2, -0.15) is 5.26 Å². The van der Waals surface area contributed by atoms with Crippen molar-refractivity contribution in [3.8, 4) is 11.8 Å². The summed E-state index contributed by atoms with van der Waals surface area (Å²) >= 11 is 0. The number of nitrogens with one attached hydrogen (secondary N) is 1. The van der Waals surface area contributed by atoms with E-state index in [9.17, 15) is 18.8 Å². The van der Waals surface area contributed by atoms with Crippen molar-refractivity contribution < 1.29 is 22.9 Å². The van der Waals surface area contributed by atoms with E-state index in [1.165, 1.54) is 6.07 Å². The van der Waals surface area contributed by atoms with E-state index in [-0.39, 0.29) is 17.5 Å². The third-order valence-corrected chi connectivity index (χ3v) is 5.21. The Balaban J connectivity index is 1.47. The van der Waals surface area contributed by atoms with Crippen molar-refractivity contribution in [2.24, 2.45) is 0 Å². The highest BCUT2D eigenvalue weighted by atomic mass is 19.1. The van der Waals surface area contributed by atoms with E-state index >= 15 is 0 Å². The molecule has 0 saturated carbocycles. The monoisotopic (exact) mass is 439 g/mol. The highest BCUT2D eigenvalue weighted by molar-refractivity contribution is 6.05. The number of anilines is 2. The second-order valence-electron chi connectivity index (χ2n) is 7.38. The van der Waals surface area contributed by atoms with Crippen molar-refractivity contribution in [3.05, 3.63) is 65.0 Å². The molecule has 10 heteroatoms. The Morgan fingerprint density at radius 2 is 2.00 bits per heavy atom. The number of piperidine rings is 1. The minimum atomic E-state index is -0.734. The predicted molar refractivity (Wildman–Crippen MR) is 110 cm³/mol. The Labute approximate surface area is 182 Å². The van der Waals surface area contributed by atoms with Gasteiger partial charge in [-0.25, -0.2) is 13.4 Å². The summed E-state index contributed by atoms with van der Waals surface area (Å²) in [7, 11) is 0. The van der Waals surface area contributed by atoms with Crippen LogP contribution in [0.2, 0.25) is 0 Å². The zero-order chi connectivity index (χ0) is 22.7. The lowest BCUT2D eigenvalue weighted by molar-refractivity contribution is 0.101. The number of rotatable bonds is 5. The molecule has 1 amide bonds. The highest BCUT2D eigenvalue weighted by Crippen LogP contribution is 2.31. The quantitative estimate of drug-likeness (QED) is 0.644. The van der Waals surface area contributed by atoms with Crippen LogP contribution < -0.4 is 15.0 Å². The van der Waals surface area contributed by atoms with Crippen LogP contribution in [0.5, 0.6) is 5.75 Å². The molecular formula is C22H19F2N5O3. The van der Waals surface area contributed by atoms with E-state index in [4.69, 9.17) is 4.74 Å². The number of carbonyl (C=O) groups excluding carboxylic acids is 1. The van der Waals surface area contributed by atoms with Crippen LogP contribution in [0.4, 0.5) is 20.2 Å². The molecule has 1 N–H and O–H groups in total. The lowest BCUT2D eigenvalue weighted by Gasteiger charge is -2.34. The Kier molecular flexibility index (Phi) is 5.98. The SMILES string of the molecule is Cc1nonc1C(=O)Nc1cc(C#N)ccc1N1CCC(Oc2ccc(F)cc2F)CC1. The van der Waals surface area contributed by atoms with Gasteiger partial charge in [0.15, 0.2) is 17.3 Å². The molecule has 0 aliphatic carbocycles. The van der Waals surface area contributed by atoms with Gasteiger partial charge >= 0.3 is 0 Å². The van der Waals surface area contributed by atoms with Crippen molar-refractivity contribution in [1.82, 2.24) is 10.3 Å². The Hall–Kier alpha value is -4.00. The van der Waals surface area contributed by atoms with Crippen LogP contribution in [0.1, 0.15) is 34.6 Å². The van der Waals surface area contributed by atoms with Crippen molar-refractivity contribution >= 4 is 17.3 Å². The van der Waals surface area contributed by atoms with Gasteiger partial charge in [0.1, 0.15) is 17.6 Å². The minimum absolute atomic E-state index is 0.0211. The molecule has 8 nitrogen and oxygen atoms in total. The number of carbonyl (C=O) groups is 1. The van der Waals surface area contributed by atoms with Crippen molar-refractivity contribution in [2.75, 3.05) is 23.3 Å². The van der Waals surface area contributed by atoms with Crippen molar-refractivity contribution in [3.63, 3.8) is 0 Å². The maximum Gasteiger partial charge on any atom is 0.279 e. The zero-order valence-corrected chi connectivity index (χ0v) is 17.1. The van der Waals surface area contributed by atoms with E-state index in [0.717, 1.165) is 17.8 Å². The molecule has 0 radical (unpaired) electrons. The molecule has 1 aliphatic heterocycles. The number of aromatic nitrogens is 2. The molecule has 2 heterocycles. The van der Waals surface area contributed by atoms with E-state index < -0.39 is 17.5 Å². The molecule has 0 atom stereocenters. The highest BCUT2D eigenvalue weighted by Gasteiger charge is 2.25. The number of hydrogen-bond donors (Lipinski definition) is 1. The van der Waals surface area contributed by atoms with Gasteiger partial charge in [0.25, 0.3) is 5.91 Å². The molecule has 32 heavy (non-hydrogen) atoms. The Bertz CT molecular complexity index is 1180. The molecule has 1 fully saturated rings. The largest absolute Gasteiger partial charge is 0.487 e. The van der Waals surface area contributed by atoms with Crippen LogP contribution in [0.15, 0.2) is 41.0 Å². The summed E-state index contributed by atoms with van der Waals surface area (Å²) in [6.45, 7) is 2.76. The summed E-state index contributed by atoms with van der Waals surface area (Å²) in [5, 5.41) is 19.3. The third kappa shape index (κ3) is 4.51. The number of ether oxygens (including phenoxy) is 1. The molecule has 1 aliphatic rings. The smallest absolute Gasteiger partial charge is 0.279 e. The number of aryl methyl sites for hydroxylation is 1. The standard InChI is InChI=1S/C22H19F2N5O3/c1-13-21(28-32-27-13)22(30)26-18-10-14(12-25)2-4-19(18)29-8-6-16(7-9-29)31-20-5-3-15(23)11-17(20)24/h2-5,10-11,16H,6-9H2,1H3,(H,26,30). The molecule has 164 valence electrons. The van der Waals surface area contributed by atoms with Crippen molar-refractivity contribution in [1.29, 1.82) is 5.26 Å². The number of nitriles is 1. The normalized spacial score (nSPS) is 14.1. The van der Waals surface area contributed by atoms with Gasteiger partial charge in [-0.1, -0.05) is 5.16 Å². The van der Waals surface area contributed by atoms with E-state index in [1.54, 1.807) is 25.1 Å². The van der Waals surface area contributed by atoms with Gasteiger partial charge < -0.3 is 15.0 Å². The summed E-state index contributed by atoms with van der Waals surface area (Å²) in [4.78, 5) is 14.6. The molecule has 3 aromatic rings. The first-order chi connectivity index (χ1) is 15.4. The second-order valence-corrected chi connectivity index (χ2v) is 7.38. The number of benzene rings is 2. The summed E-state index contributed by atoms with van der Waals surface area (Å²) < 4.78 is 37.3. The third-order valence-electron chi connectivity index (χ3n) is 5.21. The Morgan fingerprint density at radius 3 is 2.66 bits per heavy atom. The number of halogens is 2. The molecule has 2 aromatic carbocycles. The van der Waals surface area contributed by atoms with Crippen molar-refractivity contribution in [2.45, 2.75) is 25.9 Å². The summed E-state index contributed by atoms with van der Waals surface area (Å²) in [6, 6.07) is 10.3. The van der Waals surface area contributed by atoms with Gasteiger partial charge in [-0.3, -0.25) is 4.79 Å². The number of amides is 1. The zero-order valence-electron chi connectivity index (χ0n) is 17.1. The predicted octanol–water partition coefficient (Wildman–Crippen LogP) is 3.83. The van der Waals surface area contributed by atoms with E-state index in [0.29, 0.717) is 42.9 Å². The van der Waals surface area contributed by atoms with Gasteiger partial charge in [-0.05, 0) is 42.4 Å². The van der Waals surface area contributed by atoms with Gasteiger partial charge in [0, 0.05) is 32.0 Å². The van der Waals surface area contributed by atoms with Gasteiger partial charge in [-0.15, -0.1) is 0 Å². The number of nitrogens with zero attached hydrogens (tertiary/aromatic N) is 4. The molecule has 0 bridgehead atoms. The summed E-state index contributed by atoms with van der Waals surface area (Å²) in [5.41, 5.74) is 2.00. The van der Waals surface area contributed by atoms with Crippen LogP contribution in [-0.2, 0) is 0 Å². The molecule has 0 unspecified atom stereocenters. The topological polar surface area (TPSA) is 104 Å². The molecule has 1 aromatic heterocycles. The van der Waals surface area contributed by atoms with Crippen LogP contribution in [0.3, 0.4) is 0 Å². The van der Waals surface area contributed by atoms with E-state index in [2.05, 4.69) is 26.3 Å². The molecular weight excluding hydrogens is 420 g/mol. The fourth-order valence-corrected chi connectivity index (χ4v) is 3.57. The first-order valence-electron chi connectivity index (χ1n) is 9.96. The lowest BCUT2D eigenvalue weighted by atomic mass is 10.1.